The molecule has 0 spiro atoms. The molecule has 0 atom stereocenters. The van der Waals surface area contributed by atoms with Gasteiger partial charge in [-0.2, -0.15) is 5.10 Å². The normalized spacial score (nSPS) is 15.6. The highest BCUT2D eigenvalue weighted by Gasteiger charge is 2.46. The van der Waals surface area contributed by atoms with Gasteiger partial charge in [0.1, 0.15) is 10.4 Å². The molecule has 2 N–H and O–H groups in total. The summed E-state index contributed by atoms with van der Waals surface area (Å²) in [6.45, 7) is 2.55. The molecule has 26 heavy (non-hydrogen) atoms. The number of fused-ring (bicyclic) bond motifs is 1. The first-order valence-corrected chi connectivity index (χ1v) is 9.37. The van der Waals surface area contributed by atoms with Gasteiger partial charge in [0.15, 0.2) is 0 Å². The van der Waals surface area contributed by atoms with Crippen LogP contribution in [-0.4, -0.2) is 32.3 Å². The third kappa shape index (κ3) is 2.78. The summed E-state index contributed by atoms with van der Waals surface area (Å²) in [6, 6.07) is 11.8. The maximum atomic E-state index is 12.6. The van der Waals surface area contributed by atoms with Crippen LogP contribution in [0.5, 0.6) is 0 Å². The second-order valence-corrected chi connectivity index (χ2v) is 7.78. The lowest BCUT2D eigenvalue weighted by atomic mass is 9.77. The highest BCUT2D eigenvalue weighted by molar-refractivity contribution is 7.20. The van der Waals surface area contributed by atoms with Crippen molar-refractivity contribution in [3.63, 3.8) is 0 Å². The average Bonchev–Trinajstić information content (AvgIpc) is 3.13. The van der Waals surface area contributed by atoms with Gasteiger partial charge in [-0.05, 0) is 37.8 Å². The molecule has 1 fully saturated rings. The molecule has 1 saturated carbocycles. The van der Waals surface area contributed by atoms with E-state index in [-0.39, 0.29) is 5.91 Å². The number of aryl methyl sites for hydroxylation is 1. The number of nitrogens with one attached hydrogen (secondary N) is 1. The molecule has 7 heteroatoms. The van der Waals surface area contributed by atoms with Gasteiger partial charge >= 0.3 is 5.97 Å². The fraction of sp³-hybridized carbons (Fsp3) is 0.316. The topological polar surface area (TPSA) is 84.2 Å². The number of amides is 1. The molecule has 1 aliphatic carbocycles. The summed E-state index contributed by atoms with van der Waals surface area (Å²) in [5, 5.41) is 17.6. The molecule has 134 valence electrons. The van der Waals surface area contributed by atoms with Gasteiger partial charge in [-0.3, -0.25) is 9.48 Å². The number of nitrogens with zero attached hydrogens (tertiary/aromatic N) is 2. The van der Waals surface area contributed by atoms with Crippen LogP contribution in [-0.2, 0) is 11.3 Å². The average molecular weight is 369 g/mol. The number of benzene rings is 1. The predicted octanol–water partition coefficient (Wildman–Crippen LogP) is 3.19. The van der Waals surface area contributed by atoms with Crippen LogP contribution in [0.15, 0.2) is 36.4 Å². The molecule has 0 bridgehead atoms. The minimum atomic E-state index is -1.10. The Bertz CT molecular complexity index is 986. The zero-order valence-electron chi connectivity index (χ0n) is 14.4. The Morgan fingerprint density at radius 3 is 2.65 bits per heavy atom. The quantitative estimate of drug-likeness (QED) is 0.723. The number of carbonyl (C=O) groups excluding carboxylic acids is 1. The Labute approximate surface area is 154 Å². The number of thiophene rings is 1. The fourth-order valence-electron chi connectivity index (χ4n) is 3.29. The highest BCUT2D eigenvalue weighted by Crippen LogP contribution is 2.34. The lowest BCUT2D eigenvalue weighted by molar-refractivity contribution is -0.148. The Hall–Kier alpha value is -2.67. The summed E-state index contributed by atoms with van der Waals surface area (Å²) in [7, 11) is 0. The van der Waals surface area contributed by atoms with Crippen LogP contribution in [0.1, 0.15) is 40.2 Å². The highest BCUT2D eigenvalue weighted by atomic mass is 32.1. The third-order valence-electron chi connectivity index (χ3n) is 4.98. The number of carbonyl (C=O) groups is 2. The Morgan fingerprint density at radius 1 is 1.31 bits per heavy atom. The molecule has 0 radical (unpaired) electrons. The lowest BCUT2D eigenvalue weighted by Gasteiger charge is -2.38. The number of carboxylic acid groups (broad SMARTS) is 1. The molecule has 0 unspecified atom stereocenters. The molecule has 2 heterocycles. The molecule has 2 aromatic heterocycles. The van der Waals surface area contributed by atoms with Crippen LogP contribution >= 0.6 is 11.3 Å². The van der Waals surface area contributed by atoms with Crippen molar-refractivity contribution in [2.45, 2.75) is 38.3 Å². The minimum absolute atomic E-state index is 0.320. The summed E-state index contributed by atoms with van der Waals surface area (Å²) in [4.78, 5) is 25.5. The van der Waals surface area contributed by atoms with Gasteiger partial charge < -0.3 is 10.4 Å². The first-order chi connectivity index (χ1) is 12.5. The first-order valence-electron chi connectivity index (χ1n) is 8.55. The van der Waals surface area contributed by atoms with Crippen LogP contribution in [0.3, 0.4) is 0 Å². The van der Waals surface area contributed by atoms with E-state index in [2.05, 4.69) is 10.4 Å². The number of hydrogen-bond donors (Lipinski definition) is 2. The number of hydrogen-bond acceptors (Lipinski definition) is 4. The zero-order valence-corrected chi connectivity index (χ0v) is 15.2. The summed E-state index contributed by atoms with van der Waals surface area (Å²) in [5.41, 5.74) is 0.900. The molecular weight excluding hydrogens is 350 g/mol. The van der Waals surface area contributed by atoms with Gasteiger partial charge in [0, 0.05) is 5.39 Å². The van der Waals surface area contributed by atoms with Gasteiger partial charge in [0.05, 0.1) is 17.1 Å². The van der Waals surface area contributed by atoms with Crippen LogP contribution in [0.25, 0.3) is 10.2 Å². The predicted molar refractivity (Wildman–Crippen MR) is 99.6 cm³/mol. The minimum Gasteiger partial charge on any atom is -0.480 e. The molecular formula is C19H19N3O3S. The second kappa shape index (κ2) is 6.25. The fourth-order valence-corrected chi connectivity index (χ4v) is 4.35. The Balaban J connectivity index is 1.62. The molecule has 0 saturated heterocycles. The van der Waals surface area contributed by atoms with E-state index in [9.17, 15) is 14.7 Å². The van der Waals surface area contributed by atoms with Crippen LogP contribution in [0.2, 0.25) is 0 Å². The Kier molecular flexibility index (Phi) is 4.03. The van der Waals surface area contributed by atoms with Gasteiger partial charge in [-0.25, -0.2) is 4.79 Å². The second-order valence-electron chi connectivity index (χ2n) is 6.75. The van der Waals surface area contributed by atoms with Crippen molar-refractivity contribution < 1.29 is 14.7 Å². The molecule has 0 aliphatic heterocycles. The smallest absolute Gasteiger partial charge is 0.329 e. The van der Waals surface area contributed by atoms with Gasteiger partial charge in [0.2, 0.25) is 0 Å². The number of aliphatic carboxylic acids is 1. The van der Waals surface area contributed by atoms with Crippen molar-refractivity contribution in [1.82, 2.24) is 15.1 Å². The summed E-state index contributed by atoms with van der Waals surface area (Å²) < 4.78 is 1.90. The van der Waals surface area contributed by atoms with E-state index >= 15 is 0 Å². The maximum Gasteiger partial charge on any atom is 0.329 e. The van der Waals surface area contributed by atoms with Crippen molar-refractivity contribution in [3.05, 3.63) is 52.5 Å². The van der Waals surface area contributed by atoms with Gasteiger partial charge in [-0.15, -0.1) is 11.3 Å². The van der Waals surface area contributed by atoms with E-state index in [0.29, 0.717) is 24.3 Å². The summed E-state index contributed by atoms with van der Waals surface area (Å²) in [5.74, 6) is -1.27. The molecule has 6 nitrogen and oxygen atoms in total. The lowest BCUT2D eigenvalue weighted by Crippen LogP contribution is -2.59. The van der Waals surface area contributed by atoms with E-state index in [1.807, 2.05) is 48.0 Å². The zero-order chi connectivity index (χ0) is 18.3. The third-order valence-corrected chi connectivity index (χ3v) is 6.12. The van der Waals surface area contributed by atoms with Crippen molar-refractivity contribution in [3.8, 4) is 0 Å². The largest absolute Gasteiger partial charge is 0.480 e. The van der Waals surface area contributed by atoms with E-state index in [0.717, 1.165) is 27.9 Å². The first kappa shape index (κ1) is 16.8. The molecule has 1 aliphatic rings. The van der Waals surface area contributed by atoms with Crippen molar-refractivity contribution in [2.75, 3.05) is 0 Å². The maximum absolute atomic E-state index is 12.6. The number of rotatable bonds is 5. The molecule has 3 aromatic rings. The van der Waals surface area contributed by atoms with Gasteiger partial charge in [0.25, 0.3) is 5.91 Å². The number of aromatic nitrogens is 2. The van der Waals surface area contributed by atoms with Crippen molar-refractivity contribution in [2.24, 2.45) is 0 Å². The van der Waals surface area contributed by atoms with E-state index in [1.165, 1.54) is 11.3 Å². The van der Waals surface area contributed by atoms with Gasteiger partial charge in [-0.1, -0.05) is 30.3 Å². The van der Waals surface area contributed by atoms with Crippen LogP contribution < -0.4 is 5.32 Å². The monoisotopic (exact) mass is 369 g/mol. The standard InChI is InChI=1S/C19H19N3O3S/c1-12-14-10-15(16(23)20-19(18(24)25)8-5-9-19)26-17(14)22(21-12)11-13-6-3-2-4-7-13/h2-4,6-7,10H,5,8-9,11H2,1H3,(H,20,23)(H,24,25). The molecule has 1 amide bonds. The van der Waals surface area contributed by atoms with Crippen LogP contribution in [0.4, 0.5) is 0 Å². The molecule has 1 aromatic carbocycles. The Morgan fingerprint density at radius 2 is 2.04 bits per heavy atom. The van der Waals surface area contributed by atoms with Crippen molar-refractivity contribution in [1.29, 1.82) is 0 Å². The summed E-state index contributed by atoms with van der Waals surface area (Å²) in [6.07, 6.45) is 1.80. The number of carboxylic acids is 1. The SMILES string of the molecule is Cc1nn(Cc2ccccc2)c2sc(C(=O)NC3(C(=O)O)CCC3)cc12. The van der Waals surface area contributed by atoms with E-state index in [1.54, 1.807) is 0 Å². The molecule has 4 rings (SSSR count). The van der Waals surface area contributed by atoms with E-state index < -0.39 is 11.5 Å². The van der Waals surface area contributed by atoms with E-state index in [4.69, 9.17) is 0 Å². The summed E-state index contributed by atoms with van der Waals surface area (Å²) >= 11 is 1.35. The van der Waals surface area contributed by atoms with Crippen LogP contribution in [0, 0.1) is 6.92 Å². The van der Waals surface area contributed by atoms with Crippen molar-refractivity contribution >= 4 is 33.4 Å².